The molecule has 1 aromatic carbocycles. The maximum absolute atomic E-state index is 6.12. The summed E-state index contributed by atoms with van der Waals surface area (Å²) in [6.07, 6.45) is 2.73. The van der Waals surface area contributed by atoms with Crippen molar-refractivity contribution >= 4 is 17.3 Å². The smallest absolute Gasteiger partial charge is 0.0471 e. The average Bonchev–Trinajstić information content (AvgIpc) is 3.01. The maximum atomic E-state index is 6.12. The van der Waals surface area contributed by atoms with E-state index >= 15 is 0 Å². The van der Waals surface area contributed by atoms with Crippen molar-refractivity contribution in [3.63, 3.8) is 0 Å². The van der Waals surface area contributed by atoms with Crippen LogP contribution in [0.25, 0.3) is 0 Å². The summed E-state index contributed by atoms with van der Waals surface area (Å²) in [5.74, 6) is 0.875. The second-order valence-electron chi connectivity index (χ2n) is 4.27. The highest BCUT2D eigenvalue weighted by Crippen LogP contribution is 2.33. The topological polar surface area (TPSA) is 29.3 Å². The van der Waals surface area contributed by atoms with Gasteiger partial charge in [-0.3, -0.25) is 0 Å². The molecule has 15 heavy (non-hydrogen) atoms. The summed E-state index contributed by atoms with van der Waals surface area (Å²) in [6.45, 7) is 1.62. The van der Waals surface area contributed by atoms with Crippen molar-refractivity contribution < 1.29 is 0 Å². The number of hydrogen-bond donors (Lipinski definition) is 1. The summed E-state index contributed by atoms with van der Waals surface area (Å²) in [5.41, 5.74) is 7.96. The summed E-state index contributed by atoms with van der Waals surface area (Å²) >= 11 is 6.12. The Morgan fingerprint density at radius 3 is 2.80 bits per heavy atom. The number of rotatable bonds is 4. The zero-order valence-corrected chi connectivity index (χ0v) is 9.80. The molecule has 1 fully saturated rings. The van der Waals surface area contributed by atoms with E-state index in [1.54, 1.807) is 0 Å². The molecule has 0 unspecified atom stereocenters. The molecular weight excluding hydrogens is 208 g/mol. The third kappa shape index (κ3) is 2.44. The highest BCUT2D eigenvalue weighted by Gasteiger charge is 2.23. The Hall–Kier alpha value is -0.730. The van der Waals surface area contributed by atoms with E-state index in [2.05, 4.69) is 18.0 Å². The number of hydrogen-bond acceptors (Lipinski definition) is 2. The molecule has 3 heteroatoms. The number of anilines is 1. The molecule has 0 radical (unpaired) electrons. The Morgan fingerprint density at radius 1 is 1.47 bits per heavy atom. The molecule has 0 saturated heterocycles. The largest absolute Gasteiger partial charge is 0.374 e. The molecule has 0 heterocycles. The second-order valence-corrected chi connectivity index (χ2v) is 4.67. The van der Waals surface area contributed by atoms with E-state index in [9.17, 15) is 0 Å². The standard InChI is InChI=1S/C12H17ClN2/c1-15(8-9-5-6-9)12-4-2-3-11(13)10(12)7-14/h2-4,9H,5-8,14H2,1H3. The molecule has 0 amide bonds. The van der Waals surface area contributed by atoms with Crippen molar-refractivity contribution in [3.8, 4) is 0 Å². The number of nitrogens with two attached hydrogens (primary N) is 1. The first kappa shape index (κ1) is 10.8. The Kier molecular flexibility index (Phi) is 3.17. The molecule has 2 N–H and O–H groups in total. The van der Waals surface area contributed by atoms with Crippen LogP contribution in [-0.4, -0.2) is 13.6 Å². The Bertz CT molecular complexity index is 347. The van der Waals surface area contributed by atoms with Gasteiger partial charge in [0.1, 0.15) is 0 Å². The second kappa shape index (κ2) is 4.42. The Morgan fingerprint density at radius 2 is 2.20 bits per heavy atom. The highest BCUT2D eigenvalue weighted by atomic mass is 35.5. The molecule has 0 atom stereocenters. The third-order valence-corrected chi connectivity index (χ3v) is 3.29. The summed E-state index contributed by atoms with van der Waals surface area (Å²) in [4.78, 5) is 2.27. The molecule has 1 saturated carbocycles. The first-order valence-electron chi connectivity index (χ1n) is 5.41. The monoisotopic (exact) mass is 224 g/mol. The predicted octanol–water partition coefficient (Wildman–Crippen LogP) is 2.64. The minimum atomic E-state index is 0.504. The molecule has 0 bridgehead atoms. The van der Waals surface area contributed by atoms with Gasteiger partial charge in [-0.15, -0.1) is 0 Å². The van der Waals surface area contributed by atoms with Gasteiger partial charge in [0.25, 0.3) is 0 Å². The lowest BCUT2D eigenvalue weighted by atomic mass is 10.1. The van der Waals surface area contributed by atoms with Crippen LogP contribution < -0.4 is 10.6 Å². The van der Waals surface area contributed by atoms with E-state index in [0.29, 0.717) is 6.54 Å². The Balaban J connectivity index is 2.20. The number of benzene rings is 1. The zero-order valence-electron chi connectivity index (χ0n) is 9.04. The molecule has 1 aromatic rings. The van der Waals surface area contributed by atoms with Crippen molar-refractivity contribution in [2.75, 3.05) is 18.5 Å². The Labute approximate surface area is 96.0 Å². The minimum Gasteiger partial charge on any atom is -0.374 e. The maximum Gasteiger partial charge on any atom is 0.0471 e. The van der Waals surface area contributed by atoms with Gasteiger partial charge >= 0.3 is 0 Å². The fraction of sp³-hybridized carbons (Fsp3) is 0.500. The van der Waals surface area contributed by atoms with Gasteiger partial charge in [-0.05, 0) is 30.9 Å². The molecule has 82 valence electrons. The zero-order chi connectivity index (χ0) is 10.8. The van der Waals surface area contributed by atoms with E-state index < -0.39 is 0 Å². The normalized spacial score (nSPS) is 15.4. The van der Waals surface area contributed by atoms with Crippen LogP contribution in [0.2, 0.25) is 5.02 Å². The predicted molar refractivity (Wildman–Crippen MR) is 65.3 cm³/mol. The number of halogens is 1. The van der Waals surface area contributed by atoms with Crippen molar-refractivity contribution in [3.05, 3.63) is 28.8 Å². The highest BCUT2D eigenvalue weighted by molar-refractivity contribution is 6.31. The SMILES string of the molecule is CN(CC1CC1)c1cccc(Cl)c1CN. The summed E-state index contributed by atoms with van der Waals surface area (Å²) in [7, 11) is 2.11. The summed E-state index contributed by atoms with van der Waals surface area (Å²) < 4.78 is 0. The van der Waals surface area contributed by atoms with Gasteiger partial charge in [0.15, 0.2) is 0 Å². The van der Waals surface area contributed by atoms with Crippen molar-refractivity contribution in [1.82, 2.24) is 0 Å². The summed E-state index contributed by atoms with van der Waals surface area (Å²) in [6, 6.07) is 5.98. The van der Waals surface area contributed by atoms with Crippen LogP contribution in [-0.2, 0) is 6.54 Å². The van der Waals surface area contributed by atoms with Gasteiger partial charge < -0.3 is 10.6 Å². The van der Waals surface area contributed by atoms with Crippen LogP contribution >= 0.6 is 11.6 Å². The quantitative estimate of drug-likeness (QED) is 0.852. The van der Waals surface area contributed by atoms with Gasteiger partial charge in [0, 0.05) is 36.4 Å². The fourth-order valence-corrected chi connectivity index (χ4v) is 2.14. The van der Waals surface area contributed by atoms with Crippen LogP contribution in [0.3, 0.4) is 0 Å². The van der Waals surface area contributed by atoms with Crippen LogP contribution in [0.4, 0.5) is 5.69 Å². The van der Waals surface area contributed by atoms with Gasteiger partial charge in [-0.25, -0.2) is 0 Å². The molecule has 2 rings (SSSR count). The molecule has 0 aromatic heterocycles. The molecule has 0 spiro atoms. The lowest BCUT2D eigenvalue weighted by Gasteiger charge is -2.22. The average molecular weight is 225 g/mol. The van der Waals surface area contributed by atoms with Gasteiger partial charge in [-0.2, -0.15) is 0 Å². The van der Waals surface area contributed by atoms with Crippen LogP contribution in [0.1, 0.15) is 18.4 Å². The summed E-state index contributed by atoms with van der Waals surface area (Å²) in [5, 5.41) is 0.776. The lowest BCUT2D eigenvalue weighted by Crippen LogP contribution is -2.22. The van der Waals surface area contributed by atoms with Crippen molar-refractivity contribution in [1.29, 1.82) is 0 Å². The molecule has 2 nitrogen and oxygen atoms in total. The molecule has 0 aliphatic heterocycles. The van der Waals surface area contributed by atoms with E-state index in [1.165, 1.54) is 18.5 Å². The number of nitrogens with zero attached hydrogens (tertiary/aromatic N) is 1. The first-order chi connectivity index (χ1) is 7.22. The van der Waals surface area contributed by atoms with Gasteiger partial charge in [-0.1, -0.05) is 17.7 Å². The fourth-order valence-electron chi connectivity index (χ4n) is 1.89. The van der Waals surface area contributed by atoms with E-state index in [4.69, 9.17) is 17.3 Å². The van der Waals surface area contributed by atoms with Crippen LogP contribution in [0, 0.1) is 5.92 Å². The van der Waals surface area contributed by atoms with Crippen LogP contribution in [0.15, 0.2) is 18.2 Å². The molecule has 1 aliphatic rings. The van der Waals surface area contributed by atoms with Gasteiger partial charge in [0.2, 0.25) is 0 Å². The van der Waals surface area contributed by atoms with E-state index in [0.717, 1.165) is 23.0 Å². The molecule has 1 aliphatic carbocycles. The molecular formula is C12H17ClN2. The third-order valence-electron chi connectivity index (χ3n) is 2.94. The van der Waals surface area contributed by atoms with Crippen molar-refractivity contribution in [2.24, 2.45) is 11.7 Å². The van der Waals surface area contributed by atoms with Crippen molar-refractivity contribution in [2.45, 2.75) is 19.4 Å². The van der Waals surface area contributed by atoms with Crippen LogP contribution in [0.5, 0.6) is 0 Å². The van der Waals surface area contributed by atoms with Gasteiger partial charge in [0.05, 0.1) is 0 Å². The van der Waals surface area contributed by atoms with E-state index in [1.807, 2.05) is 12.1 Å². The minimum absolute atomic E-state index is 0.504. The van der Waals surface area contributed by atoms with E-state index in [-0.39, 0.29) is 0 Å². The lowest BCUT2D eigenvalue weighted by molar-refractivity contribution is 0.782. The first-order valence-corrected chi connectivity index (χ1v) is 5.78.